The number of benzene rings is 1. The van der Waals surface area contributed by atoms with Gasteiger partial charge in [-0.2, -0.15) is 0 Å². The molecule has 6 heteroatoms. The van der Waals surface area contributed by atoms with Gasteiger partial charge in [0.25, 0.3) is 0 Å². The third-order valence-electron chi connectivity index (χ3n) is 3.41. The third-order valence-corrected chi connectivity index (χ3v) is 4.52. The Bertz CT molecular complexity index is 776. The maximum absolute atomic E-state index is 12.0. The van der Waals surface area contributed by atoms with Crippen LogP contribution in [0.15, 0.2) is 32.8 Å². The zero-order chi connectivity index (χ0) is 16.4. The number of hydrogen-bond donors (Lipinski definition) is 1. The second-order valence-electron chi connectivity index (χ2n) is 5.27. The predicted octanol–water partition coefficient (Wildman–Crippen LogP) is 3.92. The SMILES string of the molecule is CCc1c(C)[nH]c(=O)c([N+](=O)[O-])c1Sc1cc(C)cc(C)c1. The molecule has 0 spiro atoms. The van der Waals surface area contributed by atoms with Gasteiger partial charge in [0.15, 0.2) is 0 Å². The maximum Gasteiger partial charge on any atom is 0.347 e. The first-order chi connectivity index (χ1) is 10.3. The average molecular weight is 318 g/mol. The van der Waals surface area contributed by atoms with Crippen LogP contribution in [0.25, 0.3) is 0 Å². The maximum atomic E-state index is 12.0. The highest BCUT2D eigenvalue weighted by Crippen LogP contribution is 2.37. The fraction of sp³-hybridized carbons (Fsp3) is 0.312. The van der Waals surface area contributed by atoms with E-state index in [1.54, 1.807) is 6.92 Å². The van der Waals surface area contributed by atoms with Gasteiger partial charge in [-0.25, -0.2) is 0 Å². The molecule has 1 heterocycles. The monoisotopic (exact) mass is 318 g/mol. The van der Waals surface area contributed by atoms with Crippen LogP contribution in [-0.2, 0) is 6.42 Å². The van der Waals surface area contributed by atoms with Crippen LogP contribution in [0.5, 0.6) is 0 Å². The van der Waals surface area contributed by atoms with E-state index < -0.39 is 10.5 Å². The molecule has 0 amide bonds. The first kappa shape index (κ1) is 16.3. The van der Waals surface area contributed by atoms with Gasteiger partial charge >= 0.3 is 11.2 Å². The summed E-state index contributed by atoms with van der Waals surface area (Å²) in [5, 5.41) is 11.3. The zero-order valence-corrected chi connectivity index (χ0v) is 13.8. The summed E-state index contributed by atoms with van der Waals surface area (Å²) in [6.45, 7) is 7.66. The summed E-state index contributed by atoms with van der Waals surface area (Å²) in [4.78, 5) is 26.6. The Morgan fingerprint density at radius 2 is 1.77 bits per heavy atom. The lowest BCUT2D eigenvalue weighted by Crippen LogP contribution is -2.16. The lowest BCUT2D eigenvalue weighted by molar-refractivity contribution is -0.389. The largest absolute Gasteiger partial charge is 0.347 e. The van der Waals surface area contributed by atoms with Gasteiger partial charge in [-0.05, 0) is 56.0 Å². The van der Waals surface area contributed by atoms with Crippen molar-refractivity contribution < 1.29 is 4.92 Å². The predicted molar refractivity (Wildman–Crippen MR) is 87.9 cm³/mol. The number of nitrogens with zero attached hydrogens (tertiary/aromatic N) is 1. The standard InChI is InChI=1S/C16H18N2O3S/c1-5-13-11(4)17-16(19)14(18(20)21)15(13)22-12-7-9(2)6-10(3)8-12/h6-8H,5H2,1-4H3,(H,17,19). The minimum atomic E-state index is -0.647. The van der Waals surface area contributed by atoms with Crippen molar-refractivity contribution in [1.29, 1.82) is 0 Å². The number of aromatic nitrogens is 1. The molecule has 1 aromatic carbocycles. The fourth-order valence-electron chi connectivity index (χ4n) is 2.53. The molecule has 0 aliphatic rings. The number of nitro groups is 1. The van der Waals surface area contributed by atoms with Crippen LogP contribution in [0.1, 0.15) is 29.3 Å². The average Bonchev–Trinajstić information content (AvgIpc) is 2.36. The number of H-pyrrole nitrogens is 1. The number of pyridine rings is 1. The molecule has 0 aliphatic heterocycles. The zero-order valence-electron chi connectivity index (χ0n) is 13.0. The molecule has 0 saturated carbocycles. The van der Waals surface area contributed by atoms with E-state index in [2.05, 4.69) is 4.98 Å². The van der Waals surface area contributed by atoms with Gasteiger partial charge in [0.05, 0.1) is 4.92 Å². The molecule has 2 aromatic rings. The van der Waals surface area contributed by atoms with Crippen molar-refractivity contribution >= 4 is 17.4 Å². The number of aromatic amines is 1. The Morgan fingerprint density at radius 1 is 1.18 bits per heavy atom. The van der Waals surface area contributed by atoms with Gasteiger partial charge in [0.1, 0.15) is 4.90 Å². The first-order valence-corrected chi connectivity index (χ1v) is 7.81. The van der Waals surface area contributed by atoms with Crippen molar-refractivity contribution in [2.45, 2.75) is 43.9 Å². The molecule has 0 unspecified atom stereocenters. The minimum Gasteiger partial charge on any atom is -0.320 e. The van der Waals surface area contributed by atoms with Crippen molar-refractivity contribution in [3.63, 3.8) is 0 Å². The van der Waals surface area contributed by atoms with Crippen molar-refractivity contribution in [3.05, 3.63) is 61.1 Å². The van der Waals surface area contributed by atoms with E-state index in [4.69, 9.17) is 0 Å². The summed E-state index contributed by atoms with van der Waals surface area (Å²) >= 11 is 1.29. The molecular formula is C16H18N2O3S. The second kappa shape index (κ2) is 6.36. The Balaban J connectivity index is 2.67. The van der Waals surface area contributed by atoms with Crippen LogP contribution in [-0.4, -0.2) is 9.91 Å². The number of rotatable bonds is 4. The van der Waals surface area contributed by atoms with E-state index >= 15 is 0 Å². The lowest BCUT2D eigenvalue weighted by Gasteiger charge is -2.11. The fourth-order valence-corrected chi connectivity index (χ4v) is 3.94. The van der Waals surface area contributed by atoms with Crippen molar-refractivity contribution in [1.82, 2.24) is 4.98 Å². The molecule has 1 aromatic heterocycles. The highest BCUT2D eigenvalue weighted by atomic mass is 32.2. The minimum absolute atomic E-state index is 0.369. The van der Waals surface area contributed by atoms with Crippen molar-refractivity contribution in [2.75, 3.05) is 0 Å². The first-order valence-electron chi connectivity index (χ1n) is 6.99. The molecule has 0 atom stereocenters. The summed E-state index contributed by atoms with van der Waals surface area (Å²) in [6.07, 6.45) is 0.622. The number of nitrogens with one attached hydrogen (secondary N) is 1. The van der Waals surface area contributed by atoms with Crippen LogP contribution < -0.4 is 5.56 Å². The molecular weight excluding hydrogens is 300 g/mol. The lowest BCUT2D eigenvalue weighted by atomic mass is 10.1. The van der Waals surface area contributed by atoms with Crippen molar-refractivity contribution in [2.24, 2.45) is 0 Å². The van der Waals surface area contributed by atoms with Crippen LogP contribution in [0, 0.1) is 30.9 Å². The van der Waals surface area contributed by atoms with Gasteiger partial charge in [0.2, 0.25) is 0 Å². The van der Waals surface area contributed by atoms with Crippen LogP contribution in [0.3, 0.4) is 0 Å². The van der Waals surface area contributed by atoms with Crippen LogP contribution >= 0.6 is 11.8 Å². The van der Waals surface area contributed by atoms with Gasteiger partial charge in [-0.15, -0.1) is 0 Å². The highest BCUT2D eigenvalue weighted by molar-refractivity contribution is 7.99. The Morgan fingerprint density at radius 3 is 2.27 bits per heavy atom. The van der Waals surface area contributed by atoms with E-state index in [9.17, 15) is 14.9 Å². The molecule has 0 fully saturated rings. The highest BCUT2D eigenvalue weighted by Gasteiger charge is 2.25. The molecule has 0 bridgehead atoms. The van der Waals surface area contributed by atoms with E-state index in [1.165, 1.54) is 11.8 Å². The Hall–Kier alpha value is -2.08. The van der Waals surface area contributed by atoms with E-state index in [0.717, 1.165) is 21.6 Å². The van der Waals surface area contributed by atoms with Gasteiger partial charge < -0.3 is 4.98 Å². The Kier molecular flexibility index (Phi) is 4.71. The van der Waals surface area contributed by atoms with Gasteiger partial charge in [-0.3, -0.25) is 14.9 Å². The second-order valence-corrected chi connectivity index (χ2v) is 6.36. The molecule has 22 heavy (non-hydrogen) atoms. The summed E-state index contributed by atoms with van der Waals surface area (Å²) in [6, 6.07) is 5.98. The van der Waals surface area contributed by atoms with Crippen LogP contribution in [0.4, 0.5) is 5.69 Å². The summed E-state index contributed by atoms with van der Waals surface area (Å²) < 4.78 is 0. The van der Waals surface area contributed by atoms with Crippen molar-refractivity contribution in [3.8, 4) is 0 Å². The number of aryl methyl sites for hydroxylation is 3. The van der Waals surface area contributed by atoms with E-state index in [0.29, 0.717) is 17.0 Å². The molecule has 5 nitrogen and oxygen atoms in total. The van der Waals surface area contributed by atoms with Gasteiger partial charge in [0, 0.05) is 10.6 Å². The normalized spacial score (nSPS) is 10.7. The summed E-state index contributed by atoms with van der Waals surface area (Å²) in [7, 11) is 0. The number of hydrogen-bond acceptors (Lipinski definition) is 4. The van der Waals surface area contributed by atoms with Crippen LogP contribution in [0.2, 0.25) is 0 Å². The molecule has 0 aliphatic carbocycles. The summed E-state index contributed by atoms with van der Waals surface area (Å²) in [5.74, 6) is 0. The molecule has 0 radical (unpaired) electrons. The van der Waals surface area contributed by atoms with E-state index in [1.807, 2.05) is 39.0 Å². The smallest absolute Gasteiger partial charge is 0.320 e. The van der Waals surface area contributed by atoms with E-state index in [-0.39, 0.29) is 5.69 Å². The molecule has 2 rings (SSSR count). The molecule has 1 N–H and O–H groups in total. The van der Waals surface area contributed by atoms with Gasteiger partial charge in [-0.1, -0.05) is 24.8 Å². The molecule has 116 valence electrons. The molecule has 0 saturated heterocycles. The quantitative estimate of drug-likeness (QED) is 0.684. The third kappa shape index (κ3) is 3.22. The Labute approximate surface area is 132 Å². The topological polar surface area (TPSA) is 76.0 Å². The summed E-state index contributed by atoms with van der Waals surface area (Å²) in [5.41, 5.74) is 2.66.